The van der Waals surface area contributed by atoms with E-state index in [-0.39, 0.29) is 5.03 Å². The number of hydrogen-bond acceptors (Lipinski definition) is 3. The van der Waals surface area contributed by atoms with E-state index in [9.17, 15) is 9.90 Å². The smallest absolute Gasteiger partial charge is 0.350 e. The first kappa shape index (κ1) is 9.29. The third-order valence-corrected chi connectivity index (χ3v) is 1.76. The van der Waals surface area contributed by atoms with Crippen LogP contribution in [0.4, 0.5) is 0 Å². The number of ether oxygens (including phenoxy) is 1. The summed E-state index contributed by atoms with van der Waals surface area (Å²) in [6.07, 6.45) is 3.16. The zero-order valence-electron chi connectivity index (χ0n) is 6.53. The van der Waals surface area contributed by atoms with Gasteiger partial charge in [0.25, 0.3) is 0 Å². The van der Waals surface area contributed by atoms with Gasteiger partial charge in [-0.3, -0.25) is 0 Å². The average Bonchev–Trinajstić information content (AvgIpc) is 2.33. The summed E-state index contributed by atoms with van der Waals surface area (Å²) in [7, 11) is 0. The van der Waals surface area contributed by atoms with Gasteiger partial charge in [-0.25, -0.2) is 4.79 Å². The highest BCUT2D eigenvalue weighted by Gasteiger charge is 2.28. The van der Waals surface area contributed by atoms with Crippen LogP contribution in [-0.4, -0.2) is 23.3 Å². The van der Waals surface area contributed by atoms with Crippen molar-refractivity contribution in [2.45, 2.75) is 19.1 Å². The molecular formula is C8H9ClO3. The first-order valence-electron chi connectivity index (χ1n) is 3.54. The van der Waals surface area contributed by atoms with Crippen LogP contribution >= 0.6 is 11.6 Å². The molecule has 0 aromatic rings. The highest BCUT2D eigenvalue weighted by molar-refractivity contribution is 6.41. The molecule has 1 aliphatic heterocycles. The maximum atomic E-state index is 10.7. The van der Waals surface area contributed by atoms with Gasteiger partial charge in [-0.1, -0.05) is 23.8 Å². The lowest BCUT2D eigenvalue weighted by Gasteiger charge is -2.11. The van der Waals surface area contributed by atoms with Crippen LogP contribution in [-0.2, 0) is 9.53 Å². The van der Waals surface area contributed by atoms with Gasteiger partial charge in [0.2, 0.25) is 0 Å². The standard InChI is InChI=1S/C8H9ClO3/c1-2-3-6(10)7-4-5(9)8(11)12-7/h2-4,6-7,10H,1H3/b3-2+/t6-,7-/m0/s1. The third-order valence-electron chi connectivity index (χ3n) is 1.47. The molecule has 0 spiro atoms. The molecule has 12 heavy (non-hydrogen) atoms. The molecule has 66 valence electrons. The SMILES string of the molecule is C/C=C/[C@H](O)[C@@H]1C=C(Cl)C(=O)O1. The number of rotatable bonds is 2. The minimum Gasteiger partial charge on any atom is -0.451 e. The van der Waals surface area contributed by atoms with E-state index < -0.39 is 18.2 Å². The molecule has 0 aromatic heterocycles. The Morgan fingerprint density at radius 2 is 2.50 bits per heavy atom. The number of allylic oxidation sites excluding steroid dienone is 1. The Bertz CT molecular complexity index is 245. The molecule has 0 aromatic carbocycles. The van der Waals surface area contributed by atoms with Gasteiger partial charge < -0.3 is 9.84 Å². The molecule has 3 nitrogen and oxygen atoms in total. The van der Waals surface area contributed by atoms with E-state index in [1.165, 1.54) is 12.2 Å². The van der Waals surface area contributed by atoms with E-state index in [2.05, 4.69) is 0 Å². The Morgan fingerprint density at radius 3 is 2.92 bits per heavy atom. The van der Waals surface area contributed by atoms with Gasteiger partial charge in [-0.2, -0.15) is 0 Å². The Hall–Kier alpha value is -0.800. The molecule has 1 rings (SSSR count). The molecule has 0 fully saturated rings. The van der Waals surface area contributed by atoms with Crippen LogP contribution in [0.5, 0.6) is 0 Å². The molecular weight excluding hydrogens is 180 g/mol. The normalized spacial score (nSPS) is 25.8. The van der Waals surface area contributed by atoms with Crippen molar-refractivity contribution in [2.75, 3.05) is 0 Å². The second-order valence-corrected chi connectivity index (χ2v) is 2.81. The third kappa shape index (κ3) is 1.87. The fraction of sp³-hybridized carbons (Fsp3) is 0.375. The van der Waals surface area contributed by atoms with Crippen molar-refractivity contribution in [3.8, 4) is 0 Å². The van der Waals surface area contributed by atoms with E-state index >= 15 is 0 Å². The maximum absolute atomic E-state index is 10.7. The number of halogens is 1. The second kappa shape index (κ2) is 3.74. The Morgan fingerprint density at radius 1 is 1.83 bits per heavy atom. The Balaban J connectivity index is 2.63. The van der Waals surface area contributed by atoms with Crippen LogP contribution in [0.15, 0.2) is 23.3 Å². The Labute approximate surface area is 75.3 Å². The van der Waals surface area contributed by atoms with E-state index in [1.54, 1.807) is 13.0 Å². The van der Waals surface area contributed by atoms with E-state index in [1.807, 2.05) is 0 Å². The Kier molecular flexibility index (Phi) is 2.89. The lowest BCUT2D eigenvalue weighted by molar-refractivity contribution is -0.141. The topological polar surface area (TPSA) is 46.5 Å². The molecule has 0 bridgehead atoms. The molecule has 1 N–H and O–H groups in total. The summed E-state index contributed by atoms with van der Waals surface area (Å²) in [5.41, 5.74) is 0. The number of cyclic esters (lactones) is 1. The molecule has 0 unspecified atom stereocenters. The molecule has 1 aliphatic rings. The molecule has 2 atom stereocenters. The lowest BCUT2D eigenvalue weighted by atomic mass is 10.2. The van der Waals surface area contributed by atoms with Crippen molar-refractivity contribution in [2.24, 2.45) is 0 Å². The summed E-state index contributed by atoms with van der Waals surface area (Å²) in [4.78, 5) is 10.7. The lowest BCUT2D eigenvalue weighted by Crippen LogP contribution is -2.23. The quantitative estimate of drug-likeness (QED) is 0.519. The molecule has 0 aliphatic carbocycles. The minimum absolute atomic E-state index is 0.0311. The van der Waals surface area contributed by atoms with Gasteiger partial charge in [0.1, 0.15) is 11.1 Å². The fourth-order valence-corrected chi connectivity index (χ4v) is 1.07. The zero-order valence-corrected chi connectivity index (χ0v) is 7.28. The van der Waals surface area contributed by atoms with Crippen molar-refractivity contribution in [1.29, 1.82) is 0 Å². The highest BCUT2D eigenvalue weighted by atomic mass is 35.5. The molecule has 0 saturated carbocycles. The first-order valence-corrected chi connectivity index (χ1v) is 3.92. The number of hydrogen-bond donors (Lipinski definition) is 1. The van der Waals surface area contributed by atoms with Crippen LogP contribution in [0, 0.1) is 0 Å². The second-order valence-electron chi connectivity index (χ2n) is 2.40. The molecule has 0 saturated heterocycles. The van der Waals surface area contributed by atoms with Crippen LogP contribution < -0.4 is 0 Å². The fourth-order valence-electron chi connectivity index (χ4n) is 0.901. The van der Waals surface area contributed by atoms with Crippen LogP contribution in [0.3, 0.4) is 0 Å². The number of carbonyl (C=O) groups excluding carboxylic acids is 1. The van der Waals surface area contributed by atoms with Crippen molar-refractivity contribution in [3.63, 3.8) is 0 Å². The molecule has 4 heteroatoms. The van der Waals surface area contributed by atoms with E-state index in [0.717, 1.165) is 0 Å². The highest BCUT2D eigenvalue weighted by Crippen LogP contribution is 2.19. The van der Waals surface area contributed by atoms with Gasteiger partial charge in [0.05, 0.1) is 0 Å². The summed E-state index contributed by atoms with van der Waals surface area (Å²) in [5.74, 6) is -0.579. The molecule has 0 radical (unpaired) electrons. The monoisotopic (exact) mass is 188 g/mol. The van der Waals surface area contributed by atoms with Gasteiger partial charge in [-0.05, 0) is 13.0 Å². The number of aliphatic hydroxyl groups excluding tert-OH is 1. The largest absolute Gasteiger partial charge is 0.451 e. The number of aliphatic hydroxyl groups is 1. The van der Waals surface area contributed by atoms with Crippen LogP contribution in [0.1, 0.15) is 6.92 Å². The predicted molar refractivity (Wildman–Crippen MR) is 44.6 cm³/mol. The van der Waals surface area contributed by atoms with Gasteiger partial charge in [-0.15, -0.1) is 0 Å². The summed E-state index contributed by atoms with van der Waals surface area (Å²) in [6, 6.07) is 0. The summed E-state index contributed by atoms with van der Waals surface area (Å²) in [6.45, 7) is 1.77. The van der Waals surface area contributed by atoms with Gasteiger partial charge in [0, 0.05) is 0 Å². The van der Waals surface area contributed by atoms with Crippen LogP contribution in [0.2, 0.25) is 0 Å². The first-order chi connectivity index (χ1) is 5.65. The van der Waals surface area contributed by atoms with Crippen molar-refractivity contribution >= 4 is 17.6 Å². The molecule has 1 heterocycles. The van der Waals surface area contributed by atoms with Crippen molar-refractivity contribution in [1.82, 2.24) is 0 Å². The zero-order chi connectivity index (χ0) is 9.14. The predicted octanol–water partition coefficient (Wildman–Crippen LogP) is 0.971. The van der Waals surface area contributed by atoms with Gasteiger partial charge >= 0.3 is 5.97 Å². The van der Waals surface area contributed by atoms with E-state index in [0.29, 0.717) is 0 Å². The van der Waals surface area contributed by atoms with Crippen molar-refractivity contribution in [3.05, 3.63) is 23.3 Å². The van der Waals surface area contributed by atoms with Crippen LogP contribution in [0.25, 0.3) is 0 Å². The molecule has 0 amide bonds. The maximum Gasteiger partial charge on any atom is 0.350 e. The number of carbonyl (C=O) groups is 1. The van der Waals surface area contributed by atoms with E-state index in [4.69, 9.17) is 16.3 Å². The summed E-state index contributed by atoms with van der Waals surface area (Å²) in [5, 5.41) is 9.35. The summed E-state index contributed by atoms with van der Waals surface area (Å²) >= 11 is 5.45. The average molecular weight is 189 g/mol. The number of esters is 1. The summed E-state index contributed by atoms with van der Waals surface area (Å²) < 4.78 is 4.72. The van der Waals surface area contributed by atoms with Gasteiger partial charge in [0.15, 0.2) is 6.10 Å². The van der Waals surface area contributed by atoms with Crippen molar-refractivity contribution < 1.29 is 14.6 Å². The minimum atomic E-state index is -0.810.